The van der Waals surface area contributed by atoms with E-state index in [9.17, 15) is 9.59 Å². The smallest absolute Gasteiger partial charge is 1.00 e. The van der Waals surface area contributed by atoms with Crippen molar-refractivity contribution in [1.29, 1.82) is 0 Å². The molecule has 0 aromatic carbocycles. The molecule has 0 aliphatic heterocycles. The first-order chi connectivity index (χ1) is 4.83. The minimum Gasteiger partial charge on any atom is -1.00 e. The van der Waals surface area contributed by atoms with Gasteiger partial charge in [0.1, 0.15) is 0 Å². The van der Waals surface area contributed by atoms with Gasteiger partial charge in [0.25, 0.3) is 0 Å². The number of hydrogen-bond donors (Lipinski definition) is 1. The zero-order valence-corrected chi connectivity index (χ0v) is 12.7. The molecule has 0 aromatic rings. The van der Waals surface area contributed by atoms with E-state index in [2.05, 4.69) is 0 Å². The van der Waals surface area contributed by atoms with Gasteiger partial charge in [-0.15, -0.1) is 0 Å². The fourth-order valence-corrected chi connectivity index (χ4v) is 0.204. The van der Waals surface area contributed by atoms with Crippen molar-refractivity contribution in [1.82, 2.24) is 6.15 Å². The van der Waals surface area contributed by atoms with E-state index < -0.39 is 0 Å². The van der Waals surface area contributed by atoms with Crippen LogP contribution >= 0.6 is 0 Å². The molecule has 0 spiro atoms. The predicted octanol–water partition coefficient (Wildman–Crippen LogP) is -4.86. The zero-order valence-electron chi connectivity index (χ0n) is 8.92. The van der Waals surface area contributed by atoms with Gasteiger partial charge < -0.3 is 36.4 Å². The summed E-state index contributed by atoms with van der Waals surface area (Å²) in [7, 11) is 0. The van der Waals surface area contributed by atoms with E-state index in [1.54, 1.807) is 12.6 Å². The molecule has 0 saturated heterocycles. The van der Waals surface area contributed by atoms with Crippen molar-refractivity contribution in [3.8, 4) is 0 Å². The Morgan fingerprint density at radius 1 is 0.867 bits per heavy atom. The van der Waals surface area contributed by atoms with Gasteiger partial charge in [-0.3, -0.25) is 9.59 Å². The summed E-state index contributed by atoms with van der Waals surface area (Å²) in [5.74, 6) is 0. The molecule has 0 amide bonds. The normalized spacial score (nSPS) is 4.93. The number of unbranched alkanes of at least 4 members (excludes halogenated alkanes) is 2. The summed E-state index contributed by atoms with van der Waals surface area (Å²) in [4.78, 5) is 18.6. The summed E-state index contributed by atoms with van der Waals surface area (Å²) in [6.07, 6.45) is 6.54. The molecule has 5 N–H and O–H groups in total. The van der Waals surface area contributed by atoms with Gasteiger partial charge in [0, 0.05) is 12.8 Å². The third-order valence-electron chi connectivity index (χ3n) is 0.704. The molecule has 98 valence electrons. The molecule has 0 bridgehead atoms. The average molecular weight is 443 g/mol. The average Bonchev–Trinajstić information content (AvgIpc) is 1.93. The van der Waals surface area contributed by atoms with Crippen LogP contribution in [0.5, 0.6) is 0 Å². The van der Waals surface area contributed by atoms with E-state index in [1.807, 2.05) is 13.8 Å². The predicted molar refractivity (Wildman–Crippen MR) is 49.8 cm³/mol. The van der Waals surface area contributed by atoms with Crippen molar-refractivity contribution >= 4 is 12.6 Å². The largest absolute Gasteiger partial charge is 2.00 e. The van der Waals surface area contributed by atoms with E-state index in [-0.39, 0.29) is 57.5 Å². The van der Waals surface area contributed by atoms with Gasteiger partial charge in [-0.1, -0.05) is 13.8 Å². The van der Waals surface area contributed by atoms with Gasteiger partial charge in [0.2, 0.25) is 0 Å². The van der Waals surface area contributed by atoms with Crippen LogP contribution in [0.4, 0.5) is 0 Å². The Bertz CT molecular complexity index is 80.3. The summed E-state index contributed by atoms with van der Waals surface area (Å²) >= 11 is 0. The van der Waals surface area contributed by atoms with Gasteiger partial charge in [0.05, 0.1) is 0 Å². The summed E-state index contributed by atoms with van der Waals surface area (Å²) in [6.45, 7) is 3.90. The Balaban J connectivity index is -0.0000000128. The SMILES string of the molecule is CCC[C]=O.CCC[C]=O.N.O.[Cl-].[Cl-].[Pt+2]. The van der Waals surface area contributed by atoms with E-state index >= 15 is 0 Å². The molecule has 7 heteroatoms. The van der Waals surface area contributed by atoms with E-state index in [4.69, 9.17) is 0 Å². The van der Waals surface area contributed by atoms with Crippen LogP contribution in [0.15, 0.2) is 0 Å². The topological polar surface area (TPSA) is 101 Å². The first-order valence-electron chi connectivity index (χ1n) is 3.53. The van der Waals surface area contributed by atoms with Crippen molar-refractivity contribution in [2.45, 2.75) is 39.5 Å². The first kappa shape index (κ1) is 45.1. The van der Waals surface area contributed by atoms with Crippen molar-refractivity contribution in [3.63, 3.8) is 0 Å². The Morgan fingerprint density at radius 3 is 1.07 bits per heavy atom. The standard InChI is InChI=1S/2C4H7O.2ClH.H3N.H2O.Pt/c2*1-2-3-4-5;;;;;/h2*2-3H2,1H3;2*1H;1H3;1H2;/q;;;;;;+2/p-2. The van der Waals surface area contributed by atoms with Crippen molar-refractivity contribution < 1.29 is 60.9 Å². The summed E-state index contributed by atoms with van der Waals surface area (Å²) in [5.41, 5.74) is 0. The van der Waals surface area contributed by atoms with E-state index in [0.29, 0.717) is 12.8 Å². The van der Waals surface area contributed by atoms with Crippen LogP contribution in [0.2, 0.25) is 0 Å². The van der Waals surface area contributed by atoms with Gasteiger partial charge >= 0.3 is 21.1 Å². The fourth-order valence-electron chi connectivity index (χ4n) is 0.204. The number of halogens is 2. The molecule has 0 rings (SSSR count). The Morgan fingerprint density at radius 2 is 1.07 bits per heavy atom. The van der Waals surface area contributed by atoms with Crippen LogP contribution < -0.4 is 31.0 Å². The van der Waals surface area contributed by atoms with Crippen molar-refractivity contribution in [3.05, 3.63) is 0 Å². The number of carbonyl (C=O) groups excluding carboxylic acids is 2. The molecular formula is C8H19Cl2NO3Pt. The second-order valence-electron chi connectivity index (χ2n) is 1.79. The maximum Gasteiger partial charge on any atom is 2.00 e. The van der Waals surface area contributed by atoms with Crippen LogP contribution in [-0.2, 0) is 30.7 Å². The molecule has 0 fully saturated rings. The summed E-state index contributed by atoms with van der Waals surface area (Å²) < 4.78 is 0. The van der Waals surface area contributed by atoms with Crippen molar-refractivity contribution in [2.75, 3.05) is 0 Å². The molecule has 15 heavy (non-hydrogen) atoms. The van der Waals surface area contributed by atoms with Gasteiger partial charge in [0.15, 0.2) is 12.6 Å². The number of rotatable bonds is 4. The van der Waals surface area contributed by atoms with Crippen LogP contribution in [0.3, 0.4) is 0 Å². The maximum atomic E-state index is 9.28. The zero-order chi connectivity index (χ0) is 8.24. The molecule has 0 atom stereocenters. The third-order valence-corrected chi connectivity index (χ3v) is 0.704. The Hall–Kier alpha value is 0.528. The Labute approximate surface area is 119 Å². The molecule has 0 aliphatic rings. The molecule has 0 heterocycles. The summed E-state index contributed by atoms with van der Waals surface area (Å²) in [5, 5.41) is 0. The molecule has 0 saturated carbocycles. The van der Waals surface area contributed by atoms with Gasteiger partial charge in [-0.05, 0) is 12.8 Å². The molecular weight excluding hydrogens is 424 g/mol. The number of hydrogen-bond acceptors (Lipinski definition) is 3. The fraction of sp³-hybridized carbons (Fsp3) is 0.750. The first-order valence-corrected chi connectivity index (χ1v) is 3.53. The van der Waals surface area contributed by atoms with Crippen LogP contribution in [0, 0.1) is 0 Å². The van der Waals surface area contributed by atoms with Crippen LogP contribution in [0.1, 0.15) is 39.5 Å². The van der Waals surface area contributed by atoms with E-state index in [0.717, 1.165) is 12.8 Å². The Kier molecular flexibility index (Phi) is 187. The molecule has 2 radical (unpaired) electrons. The van der Waals surface area contributed by atoms with Gasteiger partial charge in [-0.2, -0.15) is 0 Å². The quantitative estimate of drug-likeness (QED) is 0.472. The second kappa shape index (κ2) is 62.4. The minimum atomic E-state index is 0. The maximum absolute atomic E-state index is 9.28. The monoisotopic (exact) mass is 442 g/mol. The third kappa shape index (κ3) is 111. The van der Waals surface area contributed by atoms with E-state index in [1.165, 1.54) is 0 Å². The molecule has 0 aliphatic carbocycles. The van der Waals surface area contributed by atoms with Crippen molar-refractivity contribution in [2.24, 2.45) is 0 Å². The van der Waals surface area contributed by atoms with Gasteiger partial charge in [-0.25, -0.2) is 0 Å². The summed E-state index contributed by atoms with van der Waals surface area (Å²) in [6, 6.07) is 0. The second-order valence-corrected chi connectivity index (χ2v) is 1.79. The van der Waals surface area contributed by atoms with Crippen LogP contribution in [0.25, 0.3) is 0 Å². The van der Waals surface area contributed by atoms with Crippen LogP contribution in [-0.4, -0.2) is 18.0 Å². The molecule has 0 unspecified atom stereocenters. The molecule has 4 nitrogen and oxygen atoms in total. The minimum absolute atomic E-state index is 0. The molecule has 0 aromatic heterocycles.